The zero-order valence-corrected chi connectivity index (χ0v) is 13.0. The zero-order chi connectivity index (χ0) is 15.5. The van der Waals surface area contributed by atoms with Crippen molar-refractivity contribution in [2.75, 3.05) is 27.7 Å². The van der Waals surface area contributed by atoms with Crippen molar-refractivity contribution in [3.05, 3.63) is 42.0 Å². The Hall–Kier alpha value is -1.36. The van der Waals surface area contributed by atoms with E-state index in [1.54, 1.807) is 7.11 Å². The lowest BCUT2D eigenvalue weighted by molar-refractivity contribution is -0.0970. The number of aliphatic hydroxyl groups is 2. The highest BCUT2D eigenvalue weighted by atomic mass is 16.5. The maximum Gasteiger partial charge on any atom is 0.118 e. The topological polar surface area (TPSA) is 52.9 Å². The Morgan fingerprint density at radius 3 is 2.48 bits per heavy atom. The number of methoxy groups -OCH3 is 1. The van der Waals surface area contributed by atoms with Crippen LogP contribution < -0.4 is 4.74 Å². The van der Waals surface area contributed by atoms with Crippen molar-refractivity contribution in [1.29, 1.82) is 0 Å². The number of nitrogens with zero attached hydrogens (tertiary/aromatic N) is 1. The lowest BCUT2D eigenvalue weighted by atomic mass is 9.73. The fraction of sp³-hybridized carbons (Fsp3) is 0.529. The summed E-state index contributed by atoms with van der Waals surface area (Å²) in [6.45, 7) is 0.674. The maximum atomic E-state index is 11.1. The molecular weight excluding hydrogens is 266 g/mol. The molecule has 1 aliphatic carbocycles. The molecule has 0 saturated carbocycles. The van der Waals surface area contributed by atoms with Gasteiger partial charge in [-0.05, 0) is 44.6 Å². The van der Waals surface area contributed by atoms with Crippen LogP contribution in [0, 0.1) is 0 Å². The van der Waals surface area contributed by atoms with Crippen LogP contribution in [0.15, 0.2) is 36.4 Å². The van der Waals surface area contributed by atoms with E-state index < -0.39 is 11.7 Å². The monoisotopic (exact) mass is 291 g/mol. The van der Waals surface area contributed by atoms with Gasteiger partial charge >= 0.3 is 0 Å². The largest absolute Gasteiger partial charge is 0.497 e. The van der Waals surface area contributed by atoms with Crippen LogP contribution in [0.1, 0.15) is 24.3 Å². The minimum Gasteiger partial charge on any atom is -0.497 e. The Balaban J connectivity index is 2.34. The first-order chi connectivity index (χ1) is 9.97. The van der Waals surface area contributed by atoms with Crippen molar-refractivity contribution in [3.8, 4) is 5.75 Å². The molecule has 1 aromatic carbocycles. The summed E-state index contributed by atoms with van der Waals surface area (Å²) < 4.78 is 5.19. The lowest BCUT2D eigenvalue weighted by Gasteiger charge is -2.42. The second kappa shape index (κ2) is 6.60. The van der Waals surface area contributed by atoms with Crippen molar-refractivity contribution in [2.24, 2.45) is 0 Å². The molecule has 0 saturated heterocycles. The van der Waals surface area contributed by atoms with Crippen LogP contribution in [-0.4, -0.2) is 54.6 Å². The molecule has 0 spiro atoms. The molecule has 0 bridgehead atoms. The molecule has 2 rings (SSSR count). The molecule has 0 heterocycles. The van der Waals surface area contributed by atoms with Gasteiger partial charge in [-0.1, -0.05) is 24.3 Å². The smallest absolute Gasteiger partial charge is 0.118 e. The SMILES string of the molecule is COc1ccc(C(CN(C)C)C2(O)CC=CCC2O)cc1. The van der Waals surface area contributed by atoms with E-state index in [9.17, 15) is 10.2 Å². The van der Waals surface area contributed by atoms with Gasteiger partial charge in [0.2, 0.25) is 0 Å². The maximum absolute atomic E-state index is 11.1. The lowest BCUT2D eigenvalue weighted by Crippen LogP contribution is -2.51. The number of ether oxygens (including phenoxy) is 1. The van der Waals surface area contributed by atoms with E-state index >= 15 is 0 Å². The number of aliphatic hydroxyl groups excluding tert-OH is 1. The summed E-state index contributed by atoms with van der Waals surface area (Å²) in [6, 6.07) is 7.73. The average Bonchev–Trinajstić information content (AvgIpc) is 2.48. The fourth-order valence-corrected chi connectivity index (χ4v) is 2.97. The van der Waals surface area contributed by atoms with E-state index in [0.29, 0.717) is 19.4 Å². The van der Waals surface area contributed by atoms with Crippen LogP contribution in [0.2, 0.25) is 0 Å². The third-order valence-electron chi connectivity index (χ3n) is 4.22. The van der Waals surface area contributed by atoms with Gasteiger partial charge < -0.3 is 19.8 Å². The van der Waals surface area contributed by atoms with Crippen molar-refractivity contribution in [3.63, 3.8) is 0 Å². The van der Waals surface area contributed by atoms with Crippen molar-refractivity contribution < 1.29 is 14.9 Å². The predicted octanol–water partition coefficient (Wildman–Crippen LogP) is 1.78. The Morgan fingerprint density at radius 2 is 1.95 bits per heavy atom. The number of likely N-dealkylation sites (N-methyl/N-ethyl adjacent to an activating group) is 1. The van der Waals surface area contributed by atoms with Crippen LogP contribution in [0.4, 0.5) is 0 Å². The molecule has 3 unspecified atom stereocenters. The van der Waals surface area contributed by atoms with Crippen molar-refractivity contribution >= 4 is 0 Å². The van der Waals surface area contributed by atoms with E-state index in [-0.39, 0.29) is 5.92 Å². The Kier molecular flexibility index (Phi) is 5.04. The minimum absolute atomic E-state index is 0.154. The van der Waals surface area contributed by atoms with Gasteiger partial charge in [-0.3, -0.25) is 0 Å². The molecule has 0 fully saturated rings. The highest BCUT2D eigenvalue weighted by molar-refractivity contribution is 5.32. The molecule has 3 atom stereocenters. The van der Waals surface area contributed by atoms with Gasteiger partial charge in [-0.25, -0.2) is 0 Å². The Bertz CT molecular complexity index is 483. The first-order valence-electron chi connectivity index (χ1n) is 7.31. The summed E-state index contributed by atoms with van der Waals surface area (Å²) in [5, 5.41) is 21.4. The van der Waals surface area contributed by atoms with Gasteiger partial charge in [0.05, 0.1) is 13.2 Å². The molecule has 0 amide bonds. The number of rotatable bonds is 5. The minimum atomic E-state index is -1.13. The normalized spacial score (nSPS) is 26.9. The molecule has 0 aliphatic heterocycles. The average molecular weight is 291 g/mol. The predicted molar refractivity (Wildman–Crippen MR) is 83.6 cm³/mol. The zero-order valence-electron chi connectivity index (χ0n) is 13.0. The van der Waals surface area contributed by atoms with Gasteiger partial charge in [0.1, 0.15) is 11.4 Å². The summed E-state index contributed by atoms with van der Waals surface area (Å²) in [5.74, 6) is 0.636. The van der Waals surface area contributed by atoms with Crippen molar-refractivity contribution in [2.45, 2.75) is 30.5 Å². The fourth-order valence-electron chi connectivity index (χ4n) is 2.97. The molecule has 2 N–H and O–H groups in total. The molecule has 4 nitrogen and oxygen atoms in total. The van der Waals surface area contributed by atoms with E-state index in [4.69, 9.17) is 4.74 Å². The first kappa shape index (κ1) is 16.0. The van der Waals surface area contributed by atoms with E-state index in [0.717, 1.165) is 11.3 Å². The molecule has 1 aromatic rings. The summed E-state index contributed by atoms with van der Waals surface area (Å²) in [4.78, 5) is 2.04. The molecule has 1 aliphatic rings. The van der Waals surface area contributed by atoms with Crippen LogP contribution in [0.3, 0.4) is 0 Å². The van der Waals surface area contributed by atoms with E-state index in [1.807, 2.05) is 55.4 Å². The van der Waals surface area contributed by atoms with Crippen LogP contribution in [0.25, 0.3) is 0 Å². The van der Waals surface area contributed by atoms with Gasteiger partial charge in [-0.15, -0.1) is 0 Å². The van der Waals surface area contributed by atoms with Crippen LogP contribution >= 0.6 is 0 Å². The molecule has 21 heavy (non-hydrogen) atoms. The summed E-state index contributed by atoms with van der Waals surface area (Å²) in [6.07, 6.45) is 4.11. The van der Waals surface area contributed by atoms with Gasteiger partial charge in [0.25, 0.3) is 0 Å². The number of benzene rings is 1. The number of hydrogen-bond donors (Lipinski definition) is 2. The van der Waals surface area contributed by atoms with Gasteiger partial charge in [-0.2, -0.15) is 0 Å². The van der Waals surface area contributed by atoms with Gasteiger partial charge in [0.15, 0.2) is 0 Å². The quantitative estimate of drug-likeness (QED) is 0.812. The molecular formula is C17H25NO3. The molecule has 0 aromatic heterocycles. The second-order valence-corrected chi connectivity index (χ2v) is 6.01. The highest BCUT2D eigenvalue weighted by Crippen LogP contribution is 2.38. The molecule has 0 radical (unpaired) electrons. The first-order valence-corrected chi connectivity index (χ1v) is 7.31. The van der Waals surface area contributed by atoms with E-state index in [1.165, 1.54) is 0 Å². The van der Waals surface area contributed by atoms with Crippen molar-refractivity contribution in [1.82, 2.24) is 4.90 Å². The Labute approximate surface area is 126 Å². The highest BCUT2D eigenvalue weighted by Gasteiger charge is 2.44. The summed E-state index contributed by atoms with van der Waals surface area (Å²) in [5.41, 5.74) is -0.116. The summed E-state index contributed by atoms with van der Waals surface area (Å²) >= 11 is 0. The standard InChI is InChI=1S/C17H25NO3/c1-18(2)12-15(13-7-9-14(21-3)10-8-13)17(20)11-5-4-6-16(17)19/h4-5,7-10,15-16,19-20H,6,11-12H2,1-3H3. The van der Waals surface area contributed by atoms with E-state index in [2.05, 4.69) is 0 Å². The second-order valence-electron chi connectivity index (χ2n) is 6.01. The Morgan fingerprint density at radius 1 is 1.29 bits per heavy atom. The number of hydrogen-bond acceptors (Lipinski definition) is 4. The summed E-state index contributed by atoms with van der Waals surface area (Å²) in [7, 11) is 5.59. The third kappa shape index (κ3) is 3.46. The van der Waals surface area contributed by atoms with Gasteiger partial charge in [0, 0.05) is 12.5 Å². The molecule has 4 heteroatoms. The van der Waals surface area contributed by atoms with Crippen LogP contribution in [0.5, 0.6) is 5.75 Å². The third-order valence-corrected chi connectivity index (χ3v) is 4.22. The molecule has 116 valence electrons. The van der Waals surface area contributed by atoms with Crippen LogP contribution in [-0.2, 0) is 0 Å².